The molecule has 1 N–H and O–H groups in total. The molecule has 0 aliphatic rings. The molecule has 1 rings (SSSR count). The zero-order valence-corrected chi connectivity index (χ0v) is 13.0. The van der Waals surface area contributed by atoms with Crippen molar-refractivity contribution in [1.29, 1.82) is 0 Å². The van der Waals surface area contributed by atoms with Gasteiger partial charge in [-0.2, -0.15) is 0 Å². The Kier molecular flexibility index (Phi) is 5.57. The summed E-state index contributed by atoms with van der Waals surface area (Å²) >= 11 is 6.00. The molecule has 0 aliphatic heterocycles. The summed E-state index contributed by atoms with van der Waals surface area (Å²) in [6, 6.07) is 5.31. The van der Waals surface area contributed by atoms with Gasteiger partial charge in [0, 0.05) is 0 Å². The van der Waals surface area contributed by atoms with Crippen LogP contribution in [0, 0.1) is 12.3 Å². The molecule has 0 radical (unpaired) electrons. The molecule has 0 spiro atoms. The first-order valence-electron chi connectivity index (χ1n) is 6.39. The molecular weight excluding hydrogens is 278 g/mol. The fourth-order valence-electron chi connectivity index (χ4n) is 1.54. The van der Waals surface area contributed by atoms with Gasteiger partial charge < -0.3 is 10.1 Å². The summed E-state index contributed by atoms with van der Waals surface area (Å²) in [5, 5.41) is 3.07. The summed E-state index contributed by atoms with van der Waals surface area (Å²) in [4.78, 5) is 23.2. The van der Waals surface area contributed by atoms with E-state index in [0.717, 1.165) is 5.56 Å². The number of halogens is 1. The summed E-state index contributed by atoms with van der Waals surface area (Å²) in [5.74, 6) is -0.791. The molecule has 0 saturated carbocycles. The molecule has 1 aromatic carbocycles. The first-order valence-corrected chi connectivity index (χ1v) is 6.77. The quantitative estimate of drug-likeness (QED) is 0.864. The van der Waals surface area contributed by atoms with Gasteiger partial charge in [-0.25, -0.2) is 0 Å². The van der Waals surface area contributed by atoms with E-state index < -0.39 is 5.91 Å². The highest BCUT2D eigenvalue weighted by Gasteiger charge is 2.18. The number of anilines is 1. The third-order valence-corrected chi connectivity index (χ3v) is 2.75. The normalized spacial score (nSPS) is 11.1. The van der Waals surface area contributed by atoms with E-state index in [9.17, 15) is 9.59 Å². The van der Waals surface area contributed by atoms with E-state index in [4.69, 9.17) is 16.3 Å². The number of ether oxygens (including phenoxy) is 1. The molecule has 4 nitrogen and oxygen atoms in total. The first kappa shape index (κ1) is 16.5. The van der Waals surface area contributed by atoms with Crippen molar-refractivity contribution >= 4 is 29.2 Å². The second kappa shape index (κ2) is 6.75. The lowest BCUT2D eigenvalue weighted by molar-refractivity contribution is -0.149. The van der Waals surface area contributed by atoms with Crippen molar-refractivity contribution in [3.63, 3.8) is 0 Å². The first-order chi connectivity index (χ1) is 9.17. The Morgan fingerprint density at radius 2 is 1.95 bits per heavy atom. The number of esters is 1. The van der Waals surface area contributed by atoms with E-state index in [1.54, 1.807) is 12.1 Å². The van der Waals surface area contributed by atoms with Gasteiger partial charge in [-0.3, -0.25) is 9.59 Å². The summed E-state index contributed by atoms with van der Waals surface area (Å²) in [6.07, 6.45) is 0.269. The van der Waals surface area contributed by atoms with Crippen molar-refractivity contribution < 1.29 is 14.3 Å². The van der Waals surface area contributed by atoms with E-state index in [0.29, 0.717) is 10.7 Å². The molecule has 0 unspecified atom stereocenters. The lowest BCUT2D eigenvalue weighted by Crippen LogP contribution is -2.23. The highest BCUT2D eigenvalue weighted by Crippen LogP contribution is 2.22. The summed E-state index contributed by atoms with van der Waals surface area (Å²) in [7, 11) is 0. The van der Waals surface area contributed by atoms with E-state index in [2.05, 4.69) is 5.32 Å². The SMILES string of the molecule is Cc1ccc(NC(=O)COC(=O)CC(C)(C)C)c(Cl)c1. The average Bonchev–Trinajstić information content (AvgIpc) is 2.28. The molecule has 0 bridgehead atoms. The predicted molar refractivity (Wildman–Crippen MR) is 79.8 cm³/mol. The number of carbonyl (C=O) groups excluding carboxylic acids is 2. The van der Waals surface area contributed by atoms with Gasteiger partial charge in [0.15, 0.2) is 6.61 Å². The Bertz CT molecular complexity index is 506. The second-order valence-corrected chi connectivity index (χ2v) is 6.34. The number of hydrogen-bond acceptors (Lipinski definition) is 3. The highest BCUT2D eigenvalue weighted by atomic mass is 35.5. The molecule has 20 heavy (non-hydrogen) atoms. The van der Waals surface area contributed by atoms with E-state index >= 15 is 0 Å². The van der Waals surface area contributed by atoms with Crippen LogP contribution in [0.5, 0.6) is 0 Å². The van der Waals surface area contributed by atoms with Gasteiger partial charge in [0.1, 0.15) is 0 Å². The minimum atomic E-state index is -0.405. The van der Waals surface area contributed by atoms with Gasteiger partial charge in [0.05, 0.1) is 17.1 Å². The van der Waals surface area contributed by atoms with Crippen molar-refractivity contribution in [2.75, 3.05) is 11.9 Å². The molecule has 0 saturated heterocycles. The Balaban J connectivity index is 2.46. The van der Waals surface area contributed by atoms with Crippen LogP contribution < -0.4 is 5.32 Å². The second-order valence-electron chi connectivity index (χ2n) is 5.93. The van der Waals surface area contributed by atoms with Crippen LogP contribution in [-0.4, -0.2) is 18.5 Å². The maximum atomic E-state index is 11.7. The average molecular weight is 298 g/mol. The van der Waals surface area contributed by atoms with Crippen LogP contribution in [0.4, 0.5) is 5.69 Å². The van der Waals surface area contributed by atoms with Gasteiger partial charge >= 0.3 is 5.97 Å². The Morgan fingerprint density at radius 1 is 1.30 bits per heavy atom. The molecule has 1 aromatic rings. The largest absolute Gasteiger partial charge is 0.456 e. The summed E-state index contributed by atoms with van der Waals surface area (Å²) in [5.41, 5.74) is 1.35. The van der Waals surface area contributed by atoms with E-state index in [1.807, 2.05) is 33.8 Å². The number of amides is 1. The predicted octanol–water partition coefficient (Wildman–Crippen LogP) is 3.57. The van der Waals surface area contributed by atoms with Gasteiger partial charge in [-0.15, -0.1) is 0 Å². The summed E-state index contributed by atoms with van der Waals surface area (Å²) < 4.78 is 4.92. The van der Waals surface area contributed by atoms with Gasteiger partial charge in [0.25, 0.3) is 5.91 Å². The van der Waals surface area contributed by atoms with Crippen molar-refractivity contribution in [2.45, 2.75) is 34.1 Å². The molecule has 0 aromatic heterocycles. The molecule has 0 atom stereocenters. The fraction of sp³-hybridized carbons (Fsp3) is 0.467. The van der Waals surface area contributed by atoms with Crippen LogP contribution in [0.15, 0.2) is 18.2 Å². The molecule has 0 aliphatic carbocycles. The van der Waals surface area contributed by atoms with E-state index in [1.165, 1.54) is 0 Å². The van der Waals surface area contributed by atoms with Crippen molar-refractivity contribution in [3.05, 3.63) is 28.8 Å². The zero-order chi connectivity index (χ0) is 15.3. The zero-order valence-electron chi connectivity index (χ0n) is 12.2. The van der Waals surface area contributed by atoms with Crippen LogP contribution in [0.2, 0.25) is 5.02 Å². The molecule has 1 amide bonds. The molecule has 0 fully saturated rings. The lowest BCUT2D eigenvalue weighted by Gasteiger charge is -2.16. The number of benzene rings is 1. The van der Waals surface area contributed by atoms with Gasteiger partial charge in [0.2, 0.25) is 0 Å². The summed E-state index contributed by atoms with van der Waals surface area (Å²) in [6.45, 7) is 7.39. The third kappa shape index (κ3) is 6.06. The van der Waals surface area contributed by atoms with Crippen LogP contribution >= 0.6 is 11.6 Å². The maximum absolute atomic E-state index is 11.7. The standard InChI is InChI=1S/C15H20ClNO3/c1-10-5-6-12(11(16)7-10)17-13(18)9-20-14(19)8-15(2,3)4/h5-7H,8-9H2,1-4H3,(H,17,18). The fourth-order valence-corrected chi connectivity index (χ4v) is 1.82. The van der Waals surface area contributed by atoms with Crippen LogP contribution in [0.25, 0.3) is 0 Å². The van der Waals surface area contributed by atoms with Gasteiger partial charge in [-0.1, -0.05) is 38.4 Å². The maximum Gasteiger partial charge on any atom is 0.306 e. The monoisotopic (exact) mass is 297 g/mol. The number of carbonyl (C=O) groups is 2. The van der Waals surface area contributed by atoms with Crippen molar-refractivity contribution in [1.82, 2.24) is 0 Å². The molecule has 0 heterocycles. The lowest BCUT2D eigenvalue weighted by atomic mass is 9.93. The number of rotatable bonds is 4. The minimum Gasteiger partial charge on any atom is -0.456 e. The Hall–Kier alpha value is -1.55. The molecular formula is C15H20ClNO3. The minimum absolute atomic E-state index is 0.159. The topological polar surface area (TPSA) is 55.4 Å². The third-order valence-electron chi connectivity index (χ3n) is 2.44. The van der Waals surface area contributed by atoms with E-state index in [-0.39, 0.29) is 24.4 Å². The number of aryl methyl sites for hydroxylation is 1. The molecule has 5 heteroatoms. The van der Waals surface area contributed by atoms with Crippen LogP contribution in [-0.2, 0) is 14.3 Å². The highest BCUT2D eigenvalue weighted by molar-refractivity contribution is 6.33. The van der Waals surface area contributed by atoms with Gasteiger partial charge in [-0.05, 0) is 30.0 Å². The molecule has 110 valence electrons. The van der Waals surface area contributed by atoms with Crippen LogP contribution in [0.3, 0.4) is 0 Å². The Labute approximate surface area is 124 Å². The number of nitrogens with one attached hydrogen (secondary N) is 1. The smallest absolute Gasteiger partial charge is 0.306 e. The van der Waals surface area contributed by atoms with Crippen molar-refractivity contribution in [2.24, 2.45) is 5.41 Å². The van der Waals surface area contributed by atoms with Crippen molar-refractivity contribution in [3.8, 4) is 0 Å². The Morgan fingerprint density at radius 3 is 2.50 bits per heavy atom. The number of hydrogen-bond donors (Lipinski definition) is 1. The van der Waals surface area contributed by atoms with Crippen LogP contribution in [0.1, 0.15) is 32.8 Å².